The molecule has 320 valence electrons. The normalized spacial score (nSPS) is 13.6. The Labute approximate surface area is 395 Å². The Kier molecular flexibility index (Phi) is 9.59. The lowest BCUT2D eigenvalue weighted by Crippen LogP contribution is -2.18. The Bertz CT molecular complexity index is 3470. The Morgan fingerprint density at radius 2 is 0.537 bits per heavy atom. The van der Waals surface area contributed by atoms with Crippen LogP contribution in [-0.4, -0.2) is 0 Å². The number of hydrogen-bond acceptors (Lipinski definition) is 1. The maximum absolute atomic E-state index is 2.46. The van der Waals surface area contributed by atoms with Crippen molar-refractivity contribution in [1.29, 1.82) is 0 Å². The minimum atomic E-state index is -0.210. The zero-order valence-corrected chi connectivity index (χ0v) is 38.5. The van der Waals surface area contributed by atoms with Gasteiger partial charge in [0.15, 0.2) is 0 Å². The van der Waals surface area contributed by atoms with Crippen LogP contribution >= 0.6 is 0 Å². The van der Waals surface area contributed by atoms with Gasteiger partial charge in [-0.05, 0) is 149 Å². The molecular weight excluding hydrogens is 807 g/mol. The van der Waals surface area contributed by atoms with Crippen molar-refractivity contribution in [2.75, 3.05) is 4.90 Å². The molecule has 0 unspecified atom stereocenters. The van der Waals surface area contributed by atoms with E-state index >= 15 is 0 Å². The molecule has 1 nitrogen and oxygen atoms in total. The van der Waals surface area contributed by atoms with Gasteiger partial charge in [-0.1, -0.05) is 216 Å². The summed E-state index contributed by atoms with van der Waals surface area (Å²) in [5.41, 5.74) is 26.1. The van der Waals surface area contributed by atoms with E-state index in [4.69, 9.17) is 0 Å². The molecule has 12 rings (SSSR count). The van der Waals surface area contributed by atoms with Crippen molar-refractivity contribution in [1.82, 2.24) is 0 Å². The van der Waals surface area contributed by atoms with Crippen LogP contribution in [0.1, 0.15) is 49.9 Å². The molecule has 10 aromatic rings. The molecule has 0 aliphatic heterocycles. The minimum absolute atomic E-state index is 0.116. The molecule has 0 bridgehead atoms. The fraction of sp³-hybridized carbons (Fsp3) is 0.0909. The lowest BCUT2D eigenvalue weighted by Gasteiger charge is -2.30. The van der Waals surface area contributed by atoms with E-state index in [1.54, 1.807) is 0 Å². The summed E-state index contributed by atoms with van der Waals surface area (Å²) in [6.07, 6.45) is 0. The van der Waals surface area contributed by atoms with Crippen molar-refractivity contribution in [3.8, 4) is 77.9 Å². The first-order chi connectivity index (χ1) is 32.7. The predicted molar refractivity (Wildman–Crippen MR) is 283 cm³/mol. The van der Waals surface area contributed by atoms with E-state index in [2.05, 4.69) is 269 Å². The van der Waals surface area contributed by atoms with Crippen molar-refractivity contribution in [2.24, 2.45) is 0 Å². The molecule has 67 heavy (non-hydrogen) atoms. The highest BCUT2D eigenvalue weighted by Crippen LogP contribution is 2.54. The molecule has 0 saturated heterocycles. The van der Waals surface area contributed by atoms with Crippen LogP contribution in [0.2, 0.25) is 0 Å². The molecule has 0 N–H and O–H groups in total. The molecule has 2 aliphatic carbocycles. The van der Waals surface area contributed by atoms with Crippen LogP contribution in [0.3, 0.4) is 0 Å². The van der Waals surface area contributed by atoms with Crippen LogP contribution in [0, 0.1) is 0 Å². The maximum Gasteiger partial charge on any atom is 0.0465 e. The van der Waals surface area contributed by atoms with E-state index in [-0.39, 0.29) is 10.8 Å². The van der Waals surface area contributed by atoms with Crippen LogP contribution in [0.15, 0.2) is 237 Å². The summed E-state index contributed by atoms with van der Waals surface area (Å²) in [4.78, 5) is 2.46. The van der Waals surface area contributed by atoms with Gasteiger partial charge in [0.05, 0.1) is 0 Å². The fourth-order valence-electron chi connectivity index (χ4n) is 11.0. The SMILES string of the molecule is CC1(C)c2ccccc2-c2ccc(N(c3ccc(-c4cccc(-c5ccccc5)c4)cc3)c3ccc4c(c3)C(C)(C)c3cc(-c5ccc(-c6ccc(-c7ccccc7)cc6)cc5)ccc3-4)cc21. The summed E-state index contributed by atoms with van der Waals surface area (Å²) in [6.45, 7) is 9.52. The van der Waals surface area contributed by atoms with Gasteiger partial charge in [0.2, 0.25) is 0 Å². The molecule has 0 saturated carbocycles. The highest BCUT2D eigenvalue weighted by atomic mass is 15.1. The van der Waals surface area contributed by atoms with Crippen LogP contribution in [0.5, 0.6) is 0 Å². The van der Waals surface area contributed by atoms with Gasteiger partial charge >= 0.3 is 0 Å². The topological polar surface area (TPSA) is 3.24 Å². The first kappa shape index (κ1) is 40.5. The average molecular weight is 858 g/mol. The lowest BCUT2D eigenvalue weighted by atomic mass is 9.81. The molecule has 1 heteroatoms. The van der Waals surface area contributed by atoms with Crippen LogP contribution in [0.4, 0.5) is 17.1 Å². The van der Waals surface area contributed by atoms with Crippen molar-refractivity contribution in [2.45, 2.75) is 38.5 Å². The zero-order chi connectivity index (χ0) is 45.3. The summed E-state index contributed by atoms with van der Waals surface area (Å²) < 4.78 is 0. The second kappa shape index (κ2) is 15.9. The van der Waals surface area contributed by atoms with Crippen molar-refractivity contribution in [3.05, 3.63) is 259 Å². The first-order valence-corrected chi connectivity index (χ1v) is 23.6. The third kappa shape index (κ3) is 6.93. The highest BCUT2D eigenvalue weighted by molar-refractivity contribution is 5.90. The monoisotopic (exact) mass is 857 g/mol. The van der Waals surface area contributed by atoms with Gasteiger partial charge in [-0.3, -0.25) is 0 Å². The minimum Gasteiger partial charge on any atom is -0.310 e. The van der Waals surface area contributed by atoms with Gasteiger partial charge in [-0.2, -0.15) is 0 Å². The Morgan fingerprint density at radius 3 is 1.06 bits per heavy atom. The first-order valence-electron chi connectivity index (χ1n) is 23.6. The highest BCUT2D eigenvalue weighted by Gasteiger charge is 2.38. The van der Waals surface area contributed by atoms with Crippen molar-refractivity contribution >= 4 is 17.1 Å². The quantitative estimate of drug-likeness (QED) is 0.147. The Morgan fingerprint density at radius 1 is 0.224 bits per heavy atom. The Balaban J connectivity index is 0.892. The van der Waals surface area contributed by atoms with Crippen molar-refractivity contribution < 1.29 is 0 Å². The second-order valence-corrected chi connectivity index (χ2v) is 19.4. The van der Waals surface area contributed by atoms with E-state index in [9.17, 15) is 0 Å². The summed E-state index contributed by atoms with van der Waals surface area (Å²) in [5, 5.41) is 0. The molecule has 2 aliphatic rings. The largest absolute Gasteiger partial charge is 0.310 e. The number of fused-ring (bicyclic) bond motifs is 6. The molecule has 10 aromatic carbocycles. The molecule has 0 amide bonds. The van der Waals surface area contributed by atoms with Gasteiger partial charge in [0.25, 0.3) is 0 Å². The maximum atomic E-state index is 2.46. The Hall–Kier alpha value is -8.00. The van der Waals surface area contributed by atoms with Gasteiger partial charge < -0.3 is 4.90 Å². The summed E-state index contributed by atoms with van der Waals surface area (Å²) in [5.74, 6) is 0. The summed E-state index contributed by atoms with van der Waals surface area (Å²) in [7, 11) is 0. The summed E-state index contributed by atoms with van der Waals surface area (Å²) in [6, 6.07) is 87.4. The fourth-order valence-corrected chi connectivity index (χ4v) is 11.0. The second-order valence-electron chi connectivity index (χ2n) is 19.4. The zero-order valence-electron chi connectivity index (χ0n) is 38.5. The van der Waals surface area contributed by atoms with E-state index in [0.29, 0.717) is 0 Å². The molecule has 0 spiro atoms. The van der Waals surface area contributed by atoms with Crippen LogP contribution < -0.4 is 4.90 Å². The van der Waals surface area contributed by atoms with Crippen LogP contribution in [0.25, 0.3) is 77.9 Å². The lowest BCUT2D eigenvalue weighted by molar-refractivity contribution is 0.660. The molecule has 0 radical (unpaired) electrons. The molecule has 0 aromatic heterocycles. The molecule has 0 heterocycles. The third-order valence-electron chi connectivity index (χ3n) is 14.7. The van der Waals surface area contributed by atoms with E-state index < -0.39 is 0 Å². The van der Waals surface area contributed by atoms with Gasteiger partial charge in [-0.15, -0.1) is 0 Å². The average Bonchev–Trinajstić information content (AvgIpc) is 3.75. The van der Waals surface area contributed by atoms with Gasteiger partial charge in [-0.25, -0.2) is 0 Å². The molecular formula is C66H51N. The smallest absolute Gasteiger partial charge is 0.0465 e. The van der Waals surface area contributed by atoms with Crippen LogP contribution in [-0.2, 0) is 10.8 Å². The third-order valence-corrected chi connectivity index (χ3v) is 14.7. The molecule has 0 atom stereocenters. The van der Waals surface area contributed by atoms with Gasteiger partial charge in [0.1, 0.15) is 0 Å². The number of hydrogen-bond donors (Lipinski definition) is 0. The summed E-state index contributed by atoms with van der Waals surface area (Å²) >= 11 is 0. The predicted octanol–water partition coefficient (Wildman–Crippen LogP) is 18.1. The number of anilines is 3. The number of benzene rings is 10. The standard InChI is InChI=1S/C66H51N/c1-65(2)61-21-12-11-20-57(61)59-38-35-55(42-63(59)65)67(54-33-30-50(31-34-54)52-19-13-18-51(40-52)45-16-9-6-10-17-45)56-36-39-60-58-37-32-53(41-62(58)66(3,4)64(60)43-56)49-28-26-48(27-29-49)47-24-22-46(23-25-47)44-14-7-5-8-15-44/h5-43H,1-4H3. The number of nitrogens with zero attached hydrogens (tertiary/aromatic N) is 1. The van der Waals surface area contributed by atoms with Crippen molar-refractivity contribution in [3.63, 3.8) is 0 Å². The van der Waals surface area contributed by atoms with Gasteiger partial charge in [0, 0.05) is 27.9 Å². The van der Waals surface area contributed by atoms with E-state index in [1.807, 2.05) is 0 Å². The number of rotatable bonds is 8. The van der Waals surface area contributed by atoms with E-state index in [1.165, 1.54) is 100 Å². The van der Waals surface area contributed by atoms with E-state index in [0.717, 1.165) is 17.1 Å². The molecule has 0 fully saturated rings.